The van der Waals surface area contributed by atoms with Gasteiger partial charge in [-0.3, -0.25) is 0 Å². The first-order valence-corrected chi connectivity index (χ1v) is 7.49. The second kappa shape index (κ2) is 6.27. The molecule has 21 heavy (non-hydrogen) atoms. The first-order chi connectivity index (χ1) is 10.2. The Morgan fingerprint density at radius 2 is 1.90 bits per heavy atom. The Kier molecular flexibility index (Phi) is 4.20. The van der Waals surface area contributed by atoms with Crippen molar-refractivity contribution in [3.8, 4) is 0 Å². The van der Waals surface area contributed by atoms with Gasteiger partial charge in [0.2, 0.25) is 0 Å². The van der Waals surface area contributed by atoms with Crippen LogP contribution in [0.1, 0.15) is 24.0 Å². The Labute approximate surface area is 125 Å². The second-order valence-electron chi connectivity index (χ2n) is 5.77. The smallest absolute Gasteiger partial charge is 0.123 e. The predicted octanol–water partition coefficient (Wildman–Crippen LogP) is 3.71. The van der Waals surface area contributed by atoms with E-state index in [9.17, 15) is 4.39 Å². The van der Waals surface area contributed by atoms with E-state index in [1.807, 2.05) is 24.3 Å². The number of hydrogen-bond acceptors (Lipinski definition) is 2. The third-order valence-electron chi connectivity index (χ3n) is 3.87. The molecule has 1 saturated carbocycles. The molecule has 0 unspecified atom stereocenters. The van der Waals surface area contributed by atoms with Crippen LogP contribution in [0.4, 0.5) is 10.1 Å². The quantitative estimate of drug-likeness (QED) is 0.870. The topological polar surface area (TPSA) is 15.3 Å². The van der Waals surface area contributed by atoms with Crippen molar-refractivity contribution in [3.63, 3.8) is 0 Å². The molecule has 1 N–H and O–H groups in total. The number of halogens is 1. The SMILES string of the molecule is CN(Cc1ccccc1)c1ccc(F)cc1CNC1CC1. The summed E-state index contributed by atoms with van der Waals surface area (Å²) in [5.74, 6) is -0.167. The summed E-state index contributed by atoms with van der Waals surface area (Å²) in [6.45, 7) is 1.56. The normalized spacial score (nSPS) is 14.2. The third kappa shape index (κ3) is 3.82. The molecule has 0 atom stereocenters. The summed E-state index contributed by atoms with van der Waals surface area (Å²) >= 11 is 0. The summed E-state index contributed by atoms with van der Waals surface area (Å²) in [7, 11) is 2.06. The molecule has 1 fully saturated rings. The van der Waals surface area contributed by atoms with Crippen LogP contribution >= 0.6 is 0 Å². The molecule has 2 aromatic rings. The van der Waals surface area contributed by atoms with Crippen molar-refractivity contribution < 1.29 is 4.39 Å². The van der Waals surface area contributed by atoms with Crippen molar-refractivity contribution in [1.82, 2.24) is 5.32 Å². The second-order valence-corrected chi connectivity index (χ2v) is 5.77. The molecular formula is C18H21FN2. The fourth-order valence-corrected chi connectivity index (χ4v) is 2.55. The number of hydrogen-bond donors (Lipinski definition) is 1. The molecule has 1 aliphatic carbocycles. The highest BCUT2D eigenvalue weighted by Crippen LogP contribution is 2.25. The first kappa shape index (κ1) is 14.1. The number of nitrogens with zero attached hydrogens (tertiary/aromatic N) is 1. The molecule has 0 bridgehead atoms. The third-order valence-corrected chi connectivity index (χ3v) is 3.87. The van der Waals surface area contributed by atoms with E-state index in [1.165, 1.54) is 24.5 Å². The molecular weight excluding hydrogens is 263 g/mol. The highest BCUT2D eigenvalue weighted by molar-refractivity contribution is 5.53. The monoisotopic (exact) mass is 284 g/mol. The van der Waals surface area contributed by atoms with Gasteiger partial charge in [-0.1, -0.05) is 30.3 Å². The molecule has 0 aliphatic heterocycles. The van der Waals surface area contributed by atoms with E-state index >= 15 is 0 Å². The van der Waals surface area contributed by atoms with Gasteiger partial charge in [0.1, 0.15) is 5.82 Å². The first-order valence-electron chi connectivity index (χ1n) is 7.49. The molecule has 0 heterocycles. The standard InChI is InChI=1S/C18H21FN2/c1-21(13-14-5-3-2-4-6-14)18-10-7-16(19)11-15(18)12-20-17-8-9-17/h2-7,10-11,17,20H,8-9,12-13H2,1H3. The maximum Gasteiger partial charge on any atom is 0.123 e. The van der Waals surface area contributed by atoms with E-state index in [4.69, 9.17) is 0 Å². The lowest BCUT2D eigenvalue weighted by atomic mass is 10.1. The maximum atomic E-state index is 13.5. The zero-order valence-corrected chi connectivity index (χ0v) is 12.3. The van der Waals surface area contributed by atoms with Gasteiger partial charge in [-0.15, -0.1) is 0 Å². The molecule has 0 amide bonds. The minimum absolute atomic E-state index is 0.167. The zero-order chi connectivity index (χ0) is 14.7. The molecule has 0 aromatic heterocycles. The van der Waals surface area contributed by atoms with E-state index in [0.29, 0.717) is 6.04 Å². The van der Waals surface area contributed by atoms with Crippen molar-refractivity contribution in [2.45, 2.75) is 32.0 Å². The zero-order valence-electron chi connectivity index (χ0n) is 12.3. The average molecular weight is 284 g/mol. The lowest BCUT2D eigenvalue weighted by molar-refractivity contribution is 0.619. The van der Waals surface area contributed by atoms with Gasteiger partial charge in [-0.2, -0.15) is 0 Å². The van der Waals surface area contributed by atoms with Crippen LogP contribution in [0, 0.1) is 5.82 Å². The Morgan fingerprint density at radius 1 is 1.14 bits per heavy atom. The van der Waals surface area contributed by atoms with E-state index < -0.39 is 0 Å². The average Bonchev–Trinajstić information content (AvgIpc) is 3.30. The van der Waals surface area contributed by atoms with Crippen LogP contribution in [-0.4, -0.2) is 13.1 Å². The van der Waals surface area contributed by atoms with Crippen LogP contribution in [-0.2, 0) is 13.1 Å². The van der Waals surface area contributed by atoms with Crippen molar-refractivity contribution in [1.29, 1.82) is 0 Å². The molecule has 2 nitrogen and oxygen atoms in total. The summed E-state index contributed by atoms with van der Waals surface area (Å²) in [5, 5.41) is 3.47. The van der Waals surface area contributed by atoms with Crippen LogP contribution in [0.5, 0.6) is 0 Å². The number of anilines is 1. The van der Waals surface area contributed by atoms with E-state index in [0.717, 1.165) is 24.3 Å². The van der Waals surface area contributed by atoms with Crippen LogP contribution in [0.2, 0.25) is 0 Å². The molecule has 110 valence electrons. The molecule has 1 aliphatic rings. The number of nitrogens with one attached hydrogen (secondary N) is 1. The lowest BCUT2D eigenvalue weighted by Gasteiger charge is -2.23. The molecule has 0 spiro atoms. The van der Waals surface area contributed by atoms with Gasteiger partial charge in [0.25, 0.3) is 0 Å². The van der Waals surface area contributed by atoms with Gasteiger partial charge in [-0.25, -0.2) is 4.39 Å². The Bertz CT molecular complexity index is 593. The number of rotatable bonds is 6. The van der Waals surface area contributed by atoms with E-state index in [2.05, 4.69) is 29.4 Å². The lowest BCUT2D eigenvalue weighted by Crippen LogP contribution is -2.21. The van der Waals surface area contributed by atoms with Crippen LogP contribution in [0.25, 0.3) is 0 Å². The Morgan fingerprint density at radius 3 is 2.62 bits per heavy atom. The highest BCUT2D eigenvalue weighted by atomic mass is 19.1. The molecule has 3 rings (SSSR count). The fourth-order valence-electron chi connectivity index (χ4n) is 2.55. The minimum Gasteiger partial charge on any atom is -0.370 e. The fraction of sp³-hybridized carbons (Fsp3) is 0.333. The van der Waals surface area contributed by atoms with Gasteiger partial charge in [0, 0.05) is 31.9 Å². The minimum atomic E-state index is -0.167. The Hall–Kier alpha value is -1.87. The van der Waals surface area contributed by atoms with Crippen molar-refractivity contribution >= 4 is 5.69 Å². The predicted molar refractivity (Wildman–Crippen MR) is 84.8 cm³/mol. The van der Waals surface area contributed by atoms with Gasteiger partial charge in [0.05, 0.1) is 0 Å². The number of benzene rings is 2. The van der Waals surface area contributed by atoms with Gasteiger partial charge in [-0.05, 0) is 42.2 Å². The van der Waals surface area contributed by atoms with Crippen molar-refractivity contribution in [3.05, 3.63) is 65.5 Å². The van der Waals surface area contributed by atoms with Crippen LogP contribution in [0.15, 0.2) is 48.5 Å². The summed E-state index contributed by atoms with van der Waals surface area (Å²) in [5.41, 5.74) is 3.37. The van der Waals surface area contributed by atoms with Gasteiger partial charge in [0.15, 0.2) is 0 Å². The van der Waals surface area contributed by atoms with Crippen molar-refractivity contribution in [2.75, 3.05) is 11.9 Å². The van der Waals surface area contributed by atoms with Crippen molar-refractivity contribution in [2.24, 2.45) is 0 Å². The highest BCUT2D eigenvalue weighted by Gasteiger charge is 2.21. The van der Waals surface area contributed by atoms with E-state index in [1.54, 1.807) is 6.07 Å². The maximum absolute atomic E-state index is 13.5. The summed E-state index contributed by atoms with van der Waals surface area (Å²) in [4.78, 5) is 2.18. The largest absolute Gasteiger partial charge is 0.370 e. The van der Waals surface area contributed by atoms with Gasteiger partial charge >= 0.3 is 0 Å². The van der Waals surface area contributed by atoms with Gasteiger partial charge < -0.3 is 10.2 Å². The van der Waals surface area contributed by atoms with E-state index in [-0.39, 0.29) is 5.82 Å². The molecule has 3 heteroatoms. The summed E-state index contributed by atoms with van der Waals surface area (Å²) < 4.78 is 13.5. The molecule has 0 saturated heterocycles. The molecule has 0 radical (unpaired) electrons. The van der Waals surface area contributed by atoms with Crippen LogP contribution in [0.3, 0.4) is 0 Å². The molecule has 2 aromatic carbocycles. The van der Waals surface area contributed by atoms with Crippen LogP contribution < -0.4 is 10.2 Å². The Balaban J connectivity index is 1.75. The summed E-state index contributed by atoms with van der Waals surface area (Å²) in [6, 6.07) is 16.0. The summed E-state index contributed by atoms with van der Waals surface area (Å²) in [6.07, 6.45) is 2.48.